The van der Waals surface area contributed by atoms with Crippen LogP contribution in [-0.4, -0.2) is 48.4 Å². The molecule has 1 saturated carbocycles. The van der Waals surface area contributed by atoms with Gasteiger partial charge in [-0.1, -0.05) is 0 Å². The topological polar surface area (TPSA) is 50.8 Å². The third kappa shape index (κ3) is 7.95. The fourth-order valence-electron chi connectivity index (χ4n) is 4.44. The zero-order valence-electron chi connectivity index (χ0n) is 19.0. The minimum atomic E-state index is -0.640. The summed E-state index contributed by atoms with van der Waals surface area (Å²) in [5.74, 6) is -0.399. The zero-order valence-corrected chi connectivity index (χ0v) is 19.0. The molecule has 3 rings (SSSR count). The molecule has 1 aliphatic carbocycles. The van der Waals surface area contributed by atoms with Crippen molar-refractivity contribution in [2.45, 2.75) is 83.5 Å². The van der Waals surface area contributed by atoms with E-state index in [1.54, 1.807) is 0 Å². The summed E-state index contributed by atoms with van der Waals surface area (Å²) in [5.41, 5.74) is -0.465. The normalized spacial score (nSPS) is 23.4. The van der Waals surface area contributed by atoms with Crippen LogP contribution >= 0.6 is 0 Å². The highest BCUT2D eigenvalue weighted by molar-refractivity contribution is 5.68. The molecule has 0 atom stereocenters. The first kappa shape index (κ1) is 23.8. The largest absolute Gasteiger partial charge is 0.487 e. The highest BCUT2D eigenvalue weighted by Gasteiger charge is 2.26. The number of likely N-dealkylation sites (tertiary alicyclic amines) is 1. The first-order chi connectivity index (χ1) is 14.7. The number of nitrogens with one attached hydrogen (secondary N) is 1. The Morgan fingerprint density at radius 3 is 2.39 bits per heavy atom. The third-order valence-corrected chi connectivity index (χ3v) is 6.14. The highest BCUT2D eigenvalue weighted by atomic mass is 19.1. The van der Waals surface area contributed by atoms with Gasteiger partial charge in [0, 0.05) is 25.2 Å². The summed E-state index contributed by atoms with van der Waals surface area (Å²) in [6.45, 7) is 8.55. The van der Waals surface area contributed by atoms with E-state index in [2.05, 4.69) is 10.2 Å². The third-order valence-electron chi connectivity index (χ3n) is 6.14. The molecular weight excluding hydrogens is 402 g/mol. The molecule has 1 N–H and O–H groups in total. The maximum absolute atomic E-state index is 13.8. The molecule has 1 amide bonds. The van der Waals surface area contributed by atoms with Crippen LogP contribution in [0.1, 0.15) is 65.7 Å². The molecule has 2 fully saturated rings. The summed E-state index contributed by atoms with van der Waals surface area (Å²) in [7, 11) is 0. The second-order valence-corrected chi connectivity index (χ2v) is 9.89. The average molecular weight is 439 g/mol. The predicted octanol–water partition coefficient (Wildman–Crippen LogP) is 5.28. The fourth-order valence-corrected chi connectivity index (χ4v) is 4.44. The van der Waals surface area contributed by atoms with Crippen LogP contribution in [0.15, 0.2) is 18.2 Å². The monoisotopic (exact) mass is 438 g/mol. The van der Waals surface area contributed by atoms with Crippen molar-refractivity contribution in [3.63, 3.8) is 0 Å². The lowest BCUT2D eigenvalue weighted by Crippen LogP contribution is -2.41. The molecule has 174 valence electrons. The second kappa shape index (κ2) is 10.6. The number of nitrogens with zero attached hydrogens (tertiary/aromatic N) is 1. The molecule has 5 nitrogen and oxygen atoms in total. The highest BCUT2D eigenvalue weighted by Crippen LogP contribution is 2.28. The molecule has 1 aromatic carbocycles. The van der Waals surface area contributed by atoms with Gasteiger partial charge in [0.15, 0.2) is 11.6 Å². The van der Waals surface area contributed by atoms with Crippen LogP contribution in [0.2, 0.25) is 0 Å². The van der Waals surface area contributed by atoms with Gasteiger partial charge in [0.2, 0.25) is 0 Å². The zero-order chi connectivity index (χ0) is 22.4. The summed E-state index contributed by atoms with van der Waals surface area (Å²) in [6.07, 6.45) is 6.79. The molecule has 31 heavy (non-hydrogen) atoms. The Hall–Kier alpha value is -1.89. The van der Waals surface area contributed by atoms with Gasteiger partial charge in [-0.15, -0.1) is 0 Å². The van der Waals surface area contributed by atoms with Gasteiger partial charge in [0.25, 0.3) is 0 Å². The molecule has 1 aromatic rings. The molecule has 7 heteroatoms. The van der Waals surface area contributed by atoms with Crippen molar-refractivity contribution in [3.8, 4) is 5.75 Å². The standard InChI is InChI=1S/C24H36F2N2O3/c1-24(2,3)31-23(29)27-19-7-4-17(5-8-19)10-13-28-14-11-20(12-15-28)30-22-9-6-18(25)16-21(22)26/h6,9,16-17,19-20H,4-5,7-8,10-15H2,1-3H3,(H,27,29). The van der Waals surface area contributed by atoms with E-state index in [0.29, 0.717) is 5.92 Å². The number of carbonyl (C=O) groups excluding carboxylic acids is 1. The molecule has 0 spiro atoms. The molecule has 1 saturated heterocycles. The lowest BCUT2D eigenvalue weighted by Gasteiger charge is -2.34. The van der Waals surface area contributed by atoms with E-state index >= 15 is 0 Å². The molecule has 0 aromatic heterocycles. The molecule has 0 radical (unpaired) electrons. The second-order valence-electron chi connectivity index (χ2n) is 9.89. The number of hydrogen-bond donors (Lipinski definition) is 1. The van der Waals surface area contributed by atoms with Crippen LogP contribution in [-0.2, 0) is 4.74 Å². The van der Waals surface area contributed by atoms with Gasteiger partial charge in [0.05, 0.1) is 0 Å². The van der Waals surface area contributed by atoms with E-state index in [4.69, 9.17) is 9.47 Å². The summed E-state index contributed by atoms with van der Waals surface area (Å²) in [4.78, 5) is 14.4. The average Bonchev–Trinajstić information content (AvgIpc) is 2.69. The molecule has 0 unspecified atom stereocenters. The number of alkyl carbamates (subject to hydrolysis) is 1. The van der Waals surface area contributed by atoms with Crippen LogP contribution in [0, 0.1) is 17.6 Å². The van der Waals surface area contributed by atoms with Crippen molar-refractivity contribution in [1.82, 2.24) is 10.2 Å². The van der Waals surface area contributed by atoms with Crippen molar-refractivity contribution in [2.75, 3.05) is 19.6 Å². The fraction of sp³-hybridized carbons (Fsp3) is 0.708. The summed E-state index contributed by atoms with van der Waals surface area (Å²) in [5, 5.41) is 3.00. The molecule has 1 heterocycles. The number of hydrogen-bond acceptors (Lipinski definition) is 4. The van der Waals surface area contributed by atoms with E-state index in [1.807, 2.05) is 20.8 Å². The van der Waals surface area contributed by atoms with Gasteiger partial charge < -0.3 is 19.7 Å². The minimum Gasteiger partial charge on any atom is -0.487 e. The first-order valence-corrected chi connectivity index (χ1v) is 11.5. The SMILES string of the molecule is CC(C)(C)OC(=O)NC1CCC(CCN2CCC(Oc3ccc(F)cc3F)CC2)CC1. The Kier molecular flexibility index (Phi) is 8.14. The van der Waals surface area contributed by atoms with E-state index in [-0.39, 0.29) is 24.0 Å². The van der Waals surface area contributed by atoms with Crippen LogP contribution < -0.4 is 10.1 Å². The van der Waals surface area contributed by atoms with Crippen molar-refractivity contribution in [2.24, 2.45) is 5.92 Å². The number of carbonyl (C=O) groups is 1. The Balaban J connectivity index is 1.30. The number of amides is 1. The molecule has 0 bridgehead atoms. The van der Waals surface area contributed by atoms with E-state index in [1.165, 1.54) is 12.1 Å². The van der Waals surface area contributed by atoms with Crippen molar-refractivity contribution in [3.05, 3.63) is 29.8 Å². The van der Waals surface area contributed by atoms with Gasteiger partial charge in [0.1, 0.15) is 17.5 Å². The number of benzene rings is 1. The Morgan fingerprint density at radius 2 is 1.77 bits per heavy atom. The van der Waals surface area contributed by atoms with E-state index < -0.39 is 17.2 Å². The van der Waals surface area contributed by atoms with Crippen LogP contribution in [0.5, 0.6) is 5.75 Å². The maximum Gasteiger partial charge on any atom is 0.407 e. The summed E-state index contributed by atoms with van der Waals surface area (Å²) in [6, 6.07) is 3.67. The maximum atomic E-state index is 13.8. The molecule has 1 aliphatic heterocycles. The Labute approximate surface area is 184 Å². The van der Waals surface area contributed by atoms with Gasteiger partial charge in [-0.3, -0.25) is 0 Å². The summed E-state index contributed by atoms with van der Waals surface area (Å²) < 4.78 is 37.9. The van der Waals surface area contributed by atoms with Crippen molar-refractivity contribution >= 4 is 6.09 Å². The first-order valence-electron chi connectivity index (χ1n) is 11.5. The predicted molar refractivity (Wildman–Crippen MR) is 116 cm³/mol. The smallest absolute Gasteiger partial charge is 0.407 e. The van der Waals surface area contributed by atoms with Gasteiger partial charge in [-0.2, -0.15) is 0 Å². The van der Waals surface area contributed by atoms with E-state index in [0.717, 1.165) is 70.6 Å². The lowest BCUT2D eigenvalue weighted by atomic mass is 9.84. The molecule has 2 aliphatic rings. The quantitative estimate of drug-likeness (QED) is 0.656. The minimum absolute atomic E-state index is 0.0226. The number of ether oxygens (including phenoxy) is 2. The van der Waals surface area contributed by atoms with Crippen LogP contribution in [0.25, 0.3) is 0 Å². The van der Waals surface area contributed by atoms with Crippen molar-refractivity contribution < 1.29 is 23.0 Å². The Morgan fingerprint density at radius 1 is 1.10 bits per heavy atom. The number of halogens is 2. The van der Waals surface area contributed by atoms with Crippen LogP contribution in [0.3, 0.4) is 0 Å². The number of rotatable bonds is 6. The van der Waals surface area contributed by atoms with Gasteiger partial charge in [-0.25, -0.2) is 13.6 Å². The van der Waals surface area contributed by atoms with Crippen molar-refractivity contribution in [1.29, 1.82) is 0 Å². The van der Waals surface area contributed by atoms with Gasteiger partial charge >= 0.3 is 6.09 Å². The Bertz CT molecular complexity index is 722. The van der Waals surface area contributed by atoms with Crippen LogP contribution in [0.4, 0.5) is 13.6 Å². The molecular formula is C24H36F2N2O3. The van der Waals surface area contributed by atoms with Gasteiger partial charge in [-0.05, 0) is 90.3 Å². The van der Waals surface area contributed by atoms with E-state index in [9.17, 15) is 13.6 Å². The lowest BCUT2D eigenvalue weighted by molar-refractivity contribution is 0.0484. The summed E-state index contributed by atoms with van der Waals surface area (Å²) >= 11 is 0. The number of piperidine rings is 1.